The highest BCUT2D eigenvalue weighted by Crippen LogP contribution is 2.33. The van der Waals surface area contributed by atoms with Gasteiger partial charge in [0.05, 0.1) is 0 Å². The minimum absolute atomic E-state index is 0.343. The maximum Gasteiger partial charge on any atom is 0.318 e. The van der Waals surface area contributed by atoms with Gasteiger partial charge in [-0.2, -0.15) is 4.31 Å². The van der Waals surface area contributed by atoms with Crippen LogP contribution in [0.4, 0.5) is 4.39 Å². The first-order valence-corrected chi connectivity index (χ1v) is 7.74. The van der Waals surface area contributed by atoms with Crippen LogP contribution in [-0.4, -0.2) is 36.4 Å². The highest BCUT2D eigenvalue weighted by Gasteiger charge is 2.40. The summed E-state index contributed by atoms with van der Waals surface area (Å²) in [6.45, 7) is -0.650. The van der Waals surface area contributed by atoms with Crippen LogP contribution in [0.5, 0.6) is 0 Å². The highest BCUT2D eigenvalue weighted by molar-refractivity contribution is 9.10. The molecule has 1 aliphatic carbocycles. The lowest BCUT2D eigenvalue weighted by molar-refractivity contribution is -0.137. The van der Waals surface area contributed by atoms with Crippen LogP contribution in [-0.2, 0) is 14.8 Å². The molecule has 0 saturated heterocycles. The molecule has 1 aromatic rings. The lowest BCUT2D eigenvalue weighted by atomic mass is 10.3. The molecule has 0 bridgehead atoms. The lowest BCUT2D eigenvalue weighted by Gasteiger charge is -2.20. The summed E-state index contributed by atoms with van der Waals surface area (Å²) in [5, 5.41) is 8.78. The largest absolute Gasteiger partial charge is 0.480 e. The molecule has 0 aromatic heterocycles. The Morgan fingerprint density at radius 3 is 2.58 bits per heavy atom. The minimum atomic E-state index is -4.12. The quantitative estimate of drug-likeness (QED) is 0.877. The van der Waals surface area contributed by atoms with E-state index in [0.29, 0.717) is 17.3 Å². The molecule has 1 fully saturated rings. The first kappa shape index (κ1) is 14.4. The second-order valence-electron chi connectivity index (χ2n) is 4.25. The van der Waals surface area contributed by atoms with Gasteiger partial charge in [0.2, 0.25) is 10.0 Å². The van der Waals surface area contributed by atoms with E-state index in [-0.39, 0.29) is 6.04 Å². The van der Waals surface area contributed by atoms with Crippen LogP contribution in [0.3, 0.4) is 0 Å². The zero-order valence-electron chi connectivity index (χ0n) is 9.71. The van der Waals surface area contributed by atoms with Gasteiger partial charge < -0.3 is 5.11 Å². The molecule has 19 heavy (non-hydrogen) atoms. The maximum absolute atomic E-state index is 13.7. The summed E-state index contributed by atoms with van der Waals surface area (Å²) in [6, 6.07) is 3.23. The van der Waals surface area contributed by atoms with Gasteiger partial charge in [-0.3, -0.25) is 4.79 Å². The number of rotatable bonds is 5. The van der Waals surface area contributed by atoms with Gasteiger partial charge in [0.15, 0.2) is 0 Å². The fourth-order valence-electron chi connectivity index (χ4n) is 1.72. The molecule has 5 nitrogen and oxygen atoms in total. The third-order valence-corrected chi connectivity index (χ3v) is 5.15. The van der Waals surface area contributed by atoms with Crippen molar-refractivity contribution in [2.75, 3.05) is 6.54 Å². The number of benzene rings is 1. The third-order valence-electron chi connectivity index (χ3n) is 2.73. The van der Waals surface area contributed by atoms with Gasteiger partial charge in [-0.05, 0) is 31.0 Å². The number of sulfonamides is 1. The molecule has 0 spiro atoms. The Bertz CT molecular complexity index is 615. The van der Waals surface area contributed by atoms with Gasteiger partial charge >= 0.3 is 5.97 Å². The second kappa shape index (κ2) is 5.18. The molecule has 1 aromatic carbocycles. The van der Waals surface area contributed by atoms with E-state index in [1.807, 2.05) is 0 Å². The number of carboxylic acid groups (broad SMARTS) is 1. The Hall–Kier alpha value is -0.990. The highest BCUT2D eigenvalue weighted by atomic mass is 79.9. The van der Waals surface area contributed by atoms with Crippen molar-refractivity contribution >= 4 is 31.9 Å². The molecule has 0 atom stereocenters. The minimum Gasteiger partial charge on any atom is -0.480 e. The fraction of sp³-hybridized carbons (Fsp3) is 0.364. The average Bonchev–Trinajstić information content (AvgIpc) is 3.08. The van der Waals surface area contributed by atoms with Crippen LogP contribution in [0.25, 0.3) is 0 Å². The van der Waals surface area contributed by atoms with Gasteiger partial charge in [-0.1, -0.05) is 15.9 Å². The maximum atomic E-state index is 13.7. The summed E-state index contributed by atoms with van der Waals surface area (Å²) >= 11 is 3.04. The normalized spacial score (nSPS) is 15.7. The smallest absolute Gasteiger partial charge is 0.318 e. The number of aliphatic carboxylic acids is 1. The van der Waals surface area contributed by atoms with Crippen LogP contribution >= 0.6 is 15.9 Å². The van der Waals surface area contributed by atoms with E-state index in [4.69, 9.17) is 5.11 Å². The van der Waals surface area contributed by atoms with E-state index in [1.165, 1.54) is 6.07 Å². The summed E-state index contributed by atoms with van der Waals surface area (Å²) in [4.78, 5) is 10.3. The van der Waals surface area contributed by atoms with Gasteiger partial charge in [-0.25, -0.2) is 12.8 Å². The summed E-state index contributed by atoms with van der Waals surface area (Å²) in [7, 11) is -4.12. The SMILES string of the molecule is O=C(O)CN(C1CC1)S(=O)(=O)c1ccc(Br)cc1F. The molecule has 0 unspecified atom stereocenters. The summed E-state index contributed by atoms with van der Waals surface area (Å²) < 4.78 is 39.6. The van der Waals surface area contributed by atoms with Gasteiger partial charge in [0.1, 0.15) is 17.3 Å². The molecule has 0 radical (unpaired) electrons. The van der Waals surface area contributed by atoms with Crippen LogP contribution in [0, 0.1) is 5.82 Å². The van der Waals surface area contributed by atoms with E-state index >= 15 is 0 Å². The zero-order valence-corrected chi connectivity index (χ0v) is 12.1. The molecule has 1 N–H and O–H groups in total. The Morgan fingerprint density at radius 2 is 2.11 bits per heavy atom. The summed E-state index contributed by atoms with van der Waals surface area (Å²) in [6.07, 6.45) is 1.20. The third kappa shape index (κ3) is 3.13. The second-order valence-corrected chi connectivity index (χ2v) is 7.02. The van der Waals surface area contributed by atoms with E-state index in [1.54, 1.807) is 0 Å². The van der Waals surface area contributed by atoms with Crippen LogP contribution < -0.4 is 0 Å². The van der Waals surface area contributed by atoms with Crippen molar-refractivity contribution in [3.8, 4) is 0 Å². The molecular formula is C11H11BrFNO4S. The Kier molecular flexibility index (Phi) is 3.93. The molecule has 2 rings (SSSR count). The molecule has 1 aliphatic rings. The van der Waals surface area contributed by atoms with Gasteiger partial charge in [0.25, 0.3) is 0 Å². The number of halogens is 2. The topological polar surface area (TPSA) is 74.7 Å². The first-order chi connectivity index (χ1) is 8.82. The Morgan fingerprint density at radius 1 is 1.47 bits per heavy atom. The van der Waals surface area contributed by atoms with E-state index in [0.717, 1.165) is 16.4 Å². The van der Waals surface area contributed by atoms with Crippen molar-refractivity contribution < 1.29 is 22.7 Å². The molecule has 0 amide bonds. The van der Waals surface area contributed by atoms with Crippen LogP contribution in [0.2, 0.25) is 0 Å². The fourth-order valence-corrected chi connectivity index (χ4v) is 3.73. The van der Waals surface area contributed by atoms with Crippen LogP contribution in [0.1, 0.15) is 12.8 Å². The average molecular weight is 352 g/mol. The Balaban J connectivity index is 2.41. The van der Waals surface area contributed by atoms with E-state index in [9.17, 15) is 17.6 Å². The Labute approximate surface area is 118 Å². The van der Waals surface area contributed by atoms with Crippen molar-refractivity contribution in [2.45, 2.75) is 23.8 Å². The molecule has 104 valence electrons. The molecule has 0 heterocycles. The van der Waals surface area contributed by atoms with Crippen molar-refractivity contribution in [1.29, 1.82) is 0 Å². The van der Waals surface area contributed by atoms with Crippen molar-refractivity contribution in [3.63, 3.8) is 0 Å². The number of nitrogens with zero attached hydrogens (tertiary/aromatic N) is 1. The van der Waals surface area contributed by atoms with Crippen molar-refractivity contribution in [3.05, 3.63) is 28.5 Å². The lowest BCUT2D eigenvalue weighted by Crippen LogP contribution is -2.37. The molecule has 0 aliphatic heterocycles. The van der Waals surface area contributed by atoms with Crippen LogP contribution in [0.15, 0.2) is 27.6 Å². The molecule has 8 heteroatoms. The molecular weight excluding hydrogens is 341 g/mol. The van der Waals surface area contributed by atoms with E-state index in [2.05, 4.69) is 15.9 Å². The number of carbonyl (C=O) groups is 1. The van der Waals surface area contributed by atoms with Crippen molar-refractivity contribution in [2.24, 2.45) is 0 Å². The number of hydrogen-bond acceptors (Lipinski definition) is 3. The standard InChI is InChI=1S/C11H11BrFNO4S/c12-7-1-4-10(9(13)5-7)19(17,18)14(6-11(15)16)8-2-3-8/h1,4-5,8H,2-3,6H2,(H,15,16). The number of carboxylic acids is 1. The van der Waals surface area contributed by atoms with E-state index < -0.39 is 33.3 Å². The summed E-state index contributed by atoms with van der Waals surface area (Å²) in [5.41, 5.74) is 0. The summed E-state index contributed by atoms with van der Waals surface area (Å²) in [5.74, 6) is -2.15. The van der Waals surface area contributed by atoms with Crippen molar-refractivity contribution in [1.82, 2.24) is 4.31 Å². The molecule has 1 saturated carbocycles. The predicted molar refractivity (Wildman–Crippen MR) is 68.6 cm³/mol. The van der Waals surface area contributed by atoms with Gasteiger partial charge in [-0.15, -0.1) is 0 Å². The van der Waals surface area contributed by atoms with Gasteiger partial charge in [0, 0.05) is 10.5 Å². The zero-order chi connectivity index (χ0) is 14.2. The first-order valence-electron chi connectivity index (χ1n) is 5.51. The predicted octanol–water partition coefficient (Wildman–Crippen LogP) is 1.83. The number of hydrogen-bond donors (Lipinski definition) is 1. The monoisotopic (exact) mass is 351 g/mol.